The zero-order valence-corrected chi connectivity index (χ0v) is 20.9. The van der Waals surface area contributed by atoms with Gasteiger partial charge in [0, 0.05) is 11.9 Å². The quantitative estimate of drug-likeness (QED) is 0.421. The monoisotopic (exact) mass is 511 g/mol. The molecule has 10 heteroatoms. The molecule has 0 saturated heterocycles. The number of hydrogen-bond acceptors (Lipinski definition) is 5. The highest BCUT2D eigenvalue weighted by molar-refractivity contribution is 7.90. The van der Waals surface area contributed by atoms with Crippen molar-refractivity contribution in [3.05, 3.63) is 74.7 Å². The summed E-state index contributed by atoms with van der Waals surface area (Å²) in [4.78, 5) is 16.6. The third-order valence-electron chi connectivity index (χ3n) is 4.63. The van der Waals surface area contributed by atoms with E-state index in [1.807, 2.05) is 12.1 Å². The first-order valence-electron chi connectivity index (χ1n) is 9.70. The highest BCUT2D eigenvalue weighted by Gasteiger charge is 2.20. The highest BCUT2D eigenvalue weighted by atomic mass is 35.5. The molecule has 0 aliphatic carbocycles. The van der Waals surface area contributed by atoms with Crippen LogP contribution < -0.4 is 10.6 Å². The molecule has 2 amide bonds. The highest BCUT2D eigenvalue weighted by Crippen LogP contribution is 2.26. The minimum absolute atomic E-state index is 0.0574. The number of sulfone groups is 1. The maximum absolute atomic E-state index is 12.7. The van der Waals surface area contributed by atoms with Crippen molar-refractivity contribution in [2.75, 3.05) is 5.32 Å². The van der Waals surface area contributed by atoms with Crippen molar-refractivity contribution < 1.29 is 13.2 Å². The van der Waals surface area contributed by atoms with Gasteiger partial charge in [0.05, 0.1) is 26.4 Å². The first-order valence-corrected chi connectivity index (χ1v) is 13.0. The molecule has 0 bridgehead atoms. The van der Waals surface area contributed by atoms with Crippen molar-refractivity contribution in [3.8, 4) is 0 Å². The number of nitrogens with one attached hydrogen (secondary N) is 2. The van der Waals surface area contributed by atoms with Gasteiger partial charge < -0.3 is 5.32 Å². The third kappa shape index (κ3) is 6.45. The van der Waals surface area contributed by atoms with Gasteiger partial charge in [0.1, 0.15) is 0 Å². The molecule has 32 heavy (non-hydrogen) atoms. The Morgan fingerprint density at radius 2 is 1.75 bits per heavy atom. The summed E-state index contributed by atoms with van der Waals surface area (Å²) >= 11 is 13.0. The van der Waals surface area contributed by atoms with Gasteiger partial charge in [0.15, 0.2) is 15.0 Å². The number of carbonyl (C=O) groups excluding carboxylic acids is 1. The Labute approximate surface area is 201 Å². The zero-order chi connectivity index (χ0) is 23.5. The van der Waals surface area contributed by atoms with Crippen molar-refractivity contribution in [3.63, 3.8) is 0 Å². The smallest absolute Gasteiger partial charge is 0.321 e. The van der Waals surface area contributed by atoms with Gasteiger partial charge in [-0.25, -0.2) is 18.2 Å². The Hall–Kier alpha value is -2.13. The average Bonchev–Trinajstić information content (AvgIpc) is 3.14. The Kier molecular flexibility index (Phi) is 7.50. The number of benzene rings is 2. The number of urea groups is 1. The second kappa shape index (κ2) is 9.79. The van der Waals surface area contributed by atoms with Gasteiger partial charge in [0.2, 0.25) is 0 Å². The van der Waals surface area contributed by atoms with E-state index in [1.54, 1.807) is 35.7 Å². The van der Waals surface area contributed by atoms with E-state index in [9.17, 15) is 13.2 Å². The standard InChI is InChI=1S/C22H23Cl2N3O3S2/c1-22(2,3)15-5-7-17(8-6-15)32(29,30)13-16-12-31-21(26-16)27-20(28)25-11-14-4-9-18(23)19(24)10-14/h4-10,12H,11,13H2,1-3H3,(H2,25,26,27,28). The van der Waals surface area contributed by atoms with Crippen LogP contribution in [0.5, 0.6) is 0 Å². The summed E-state index contributed by atoms with van der Waals surface area (Å²) < 4.78 is 25.5. The molecule has 3 aromatic rings. The lowest BCUT2D eigenvalue weighted by molar-refractivity contribution is 0.251. The van der Waals surface area contributed by atoms with E-state index in [1.165, 1.54) is 0 Å². The van der Waals surface area contributed by atoms with Crippen molar-refractivity contribution in [2.24, 2.45) is 0 Å². The van der Waals surface area contributed by atoms with Crippen LogP contribution >= 0.6 is 34.5 Å². The minimum atomic E-state index is -3.55. The molecule has 0 aliphatic rings. The van der Waals surface area contributed by atoms with Crippen molar-refractivity contribution in [2.45, 2.75) is 43.4 Å². The molecular weight excluding hydrogens is 489 g/mol. The molecule has 170 valence electrons. The van der Waals surface area contributed by atoms with Gasteiger partial charge in [0.25, 0.3) is 0 Å². The van der Waals surface area contributed by atoms with Gasteiger partial charge in [-0.15, -0.1) is 11.3 Å². The molecule has 0 aliphatic heterocycles. The topological polar surface area (TPSA) is 88.2 Å². The van der Waals surface area contributed by atoms with E-state index in [-0.39, 0.29) is 22.6 Å². The number of aromatic nitrogens is 1. The number of amides is 2. The van der Waals surface area contributed by atoms with Crippen LogP contribution in [0.25, 0.3) is 0 Å². The number of hydrogen-bond donors (Lipinski definition) is 2. The summed E-state index contributed by atoms with van der Waals surface area (Å²) in [5, 5.41) is 8.08. The van der Waals surface area contributed by atoms with E-state index in [2.05, 4.69) is 36.4 Å². The van der Waals surface area contributed by atoms with Crippen molar-refractivity contribution in [1.29, 1.82) is 0 Å². The number of anilines is 1. The summed E-state index contributed by atoms with van der Waals surface area (Å²) in [6, 6.07) is 11.5. The molecule has 2 aromatic carbocycles. The van der Waals surface area contributed by atoms with Crippen LogP contribution in [0.4, 0.5) is 9.93 Å². The molecule has 0 unspecified atom stereocenters. The van der Waals surface area contributed by atoms with Crippen LogP contribution in [0.3, 0.4) is 0 Å². The van der Waals surface area contributed by atoms with Crippen LogP contribution in [0, 0.1) is 0 Å². The van der Waals surface area contributed by atoms with Crippen LogP contribution in [-0.2, 0) is 27.5 Å². The summed E-state index contributed by atoms with van der Waals surface area (Å²) in [5.74, 6) is -0.245. The maximum atomic E-state index is 12.7. The number of halogens is 2. The zero-order valence-electron chi connectivity index (χ0n) is 17.8. The fourth-order valence-electron chi connectivity index (χ4n) is 2.84. The predicted molar refractivity (Wildman–Crippen MR) is 130 cm³/mol. The van der Waals surface area contributed by atoms with E-state index in [0.717, 1.165) is 22.5 Å². The largest absolute Gasteiger partial charge is 0.334 e. The molecule has 0 atom stereocenters. The van der Waals surface area contributed by atoms with E-state index in [0.29, 0.717) is 20.9 Å². The lowest BCUT2D eigenvalue weighted by atomic mass is 9.87. The summed E-state index contributed by atoms with van der Waals surface area (Å²) in [6.07, 6.45) is 0. The molecule has 3 rings (SSSR count). The fourth-order valence-corrected chi connectivity index (χ4v) is 5.23. The van der Waals surface area contributed by atoms with Gasteiger partial charge in [-0.3, -0.25) is 5.32 Å². The first kappa shape index (κ1) is 24.5. The second-order valence-electron chi connectivity index (χ2n) is 8.23. The first-order chi connectivity index (χ1) is 14.9. The van der Waals surface area contributed by atoms with Gasteiger partial charge in [-0.1, -0.05) is 62.2 Å². The number of thiazole rings is 1. The summed E-state index contributed by atoms with van der Waals surface area (Å²) in [6.45, 7) is 6.46. The molecule has 0 saturated carbocycles. The Morgan fingerprint density at radius 3 is 2.38 bits per heavy atom. The van der Waals surface area contributed by atoms with Gasteiger partial charge in [-0.2, -0.15) is 0 Å². The molecular formula is C22H23Cl2N3O3S2. The molecule has 0 radical (unpaired) electrons. The molecule has 2 N–H and O–H groups in total. The van der Waals surface area contributed by atoms with Crippen molar-refractivity contribution >= 4 is 55.5 Å². The van der Waals surface area contributed by atoms with E-state index >= 15 is 0 Å². The number of rotatable bonds is 6. The Bertz CT molecular complexity index is 1220. The maximum Gasteiger partial charge on any atom is 0.321 e. The normalized spacial score (nSPS) is 11.9. The minimum Gasteiger partial charge on any atom is -0.334 e. The van der Waals surface area contributed by atoms with Gasteiger partial charge >= 0.3 is 6.03 Å². The van der Waals surface area contributed by atoms with Gasteiger partial charge in [-0.05, 0) is 40.8 Å². The SMILES string of the molecule is CC(C)(C)c1ccc(S(=O)(=O)Cc2csc(NC(=O)NCc3ccc(Cl)c(Cl)c3)n2)cc1. The van der Waals surface area contributed by atoms with E-state index < -0.39 is 15.9 Å². The molecule has 6 nitrogen and oxygen atoms in total. The third-order valence-corrected chi connectivity index (χ3v) is 7.84. The molecule has 1 heterocycles. The van der Waals surface area contributed by atoms with Crippen molar-refractivity contribution in [1.82, 2.24) is 10.3 Å². The average molecular weight is 512 g/mol. The predicted octanol–water partition coefficient (Wildman–Crippen LogP) is 6.04. The summed E-state index contributed by atoms with van der Waals surface area (Å²) in [7, 11) is -3.55. The fraction of sp³-hybridized carbons (Fsp3) is 0.273. The second-order valence-corrected chi connectivity index (χ2v) is 11.9. The van der Waals surface area contributed by atoms with Crippen LogP contribution in [0.15, 0.2) is 52.7 Å². The number of nitrogens with zero attached hydrogens (tertiary/aromatic N) is 1. The van der Waals surface area contributed by atoms with E-state index in [4.69, 9.17) is 23.2 Å². The molecule has 0 spiro atoms. The molecule has 1 aromatic heterocycles. The number of carbonyl (C=O) groups is 1. The lowest BCUT2D eigenvalue weighted by Gasteiger charge is -2.19. The van der Waals surface area contributed by atoms with Crippen LogP contribution in [0.2, 0.25) is 10.0 Å². The Balaban J connectivity index is 1.58. The summed E-state index contributed by atoms with van der Waals surface area (Å²) in [5.41, 5.74) is 2.16. The molecule has 0 fully saturated rings. The Morgan fingerprint density at radius 1 is 1.06 bits per heavy atom. The van der Waals surface area contributed by atoms with Crippen LogP contribution in [-0.4, -0.2) is 19.4 Å². The lowest BCUT2D eigenvalue weighted by Crippen LogP contribution is -2.28. The van der Waals surface area contributed by atoms with Crippen LogP contribution in [0.1, 0.15) is 37.6 Å².